The van der Waals surface area contributed by atoms with Crippen LogP contribution in [0.1, 0.15) is 26.7 Å². The molecule has 0 aliphatic carbocycles. The minimum Gasteiger partial charge on any atom is -0.325 e. The maximum Gasteiger partial charge on any atom is 0.244 e. The molecule has 0 spiro atoms. The summed E-state index contributed by atoms with van der Waals surface area (Å²) in [5, 5.41) is 5.82. The Morgan fingerprint density at radius 1 is 1.25 bits per heavy atom. The first-order chi connectivity index (χ1) is 9.44. The second-order valence-corrected chi connectivity index (χ2v) is 5.52. The molecule has 1 fully saturated rings. The van der Waals surface area contributed by atoms with E-state index in [-0.39, 0.29) is 11.8 Å². The summed E-state index contributed by atoms with van der Waals surface area (Å²) in [4.78, 5) is 25.5. The van der Waals surface area contributed by atoms with Crippen molar-refractivity contribution in [1.29, 1.82) is 0 Å². The van der Waals surface area contributed by atoms with Gasteiger partial charge in [-0.15, -0.1) is 0 Å². The topological polar surface area (TPSA) is 61.4 Å². The molecule has 1 aliphatic rings. The van der Waals surface area contributed by atoms with Gasteiger partial charge in [0.25, 0.3) is 0 Å². The third-order valence-corrected chi connectivity index (χ3v) is 3.70. The summed E-state index contributed by atoms with van der Waals surface area (Å²) < 4.78 is 0. The number of carbonyl (C=O) groups is 2. The van der Waals surface area contributed by atoms with Crippen LogP contribution >= 0.6 is 0 Å². The van der Waals surface area contributed by atoms with Crippen LogP contribution in [0, 0.1) is 0 Å². The number of nitrogens with zero attached hydrogens (tertiary/aromatic N) is 1. The maximum atomic E-state index is 12.0. The van der Waals surface area contributed by atoms with E-state index in [1.54, 1.807) is 11.9 Å². The van der Waals surface area contributed by atoms with Gasteiger partial charge in [0.05, 0.1) is 5.54 Å². The number of rotatable bonds is 4. The summed E-state index contributed by atoms with van der Waals surface area (Å²) in [5.74, 6) is 0.0723. The molecule has 0 bridgehead atoms. The minimum absolute atomic E-state index is 0.0926. The van der Waals surface area contributed by atoms with Crippen LogP contribution in [0.3, 0.4) is 0 Å². The van der Waals surface area contributed by atoms with Crippen molar-refractivity contribution in [3.63, 3.8) is 0 Å². The number of anilines is 2. The van der Waals surface area contributed by atoms with Gasteiger partial charge in [-0.1, -0.05) is 0 Å². The number of amides is 2. The zero-order valence-corrected chi connectivity index (χ0v) is 12.2. The normalized spacial score (nSPS) is 15.6. The smallest absolute Gasteiger partial charge is 0.244 e. The Bertz CT molecular complexity index is 508. The van der Waals surface area contributed by atoms with E-state index in [9.17, 15) is 9.59 Å². The molecular weight excluding hydrogens is 254 g/mol. The Labute approximate surface area is 119 Å². The van der Waals surface area contributed by atoms with Gasteiger partial charge in [0, 0.05) is 24.3 Å². The third-order valence-electron chi connectivity index (χ3n) is 3.70. The molecule has 5 nitrogen and oxygen atoms in total. The number of hydrogen-bond donors (Lipinski definition) is 2. The van der Waals surface area contributed by atoms with Crippen LogP contribution in [0.2, 0.25) is 0 Å². The fourth-order valence-corrected chi connectivity index (χ4v) is 2.05. The van der Waals surface area contributed by atoms with Crippen LogP contribution in [0.4, 0.5) is 11.4 Å². The Hall–Kier alpha value is -1.88. The average Bonchev–Trinajstić information content (AvgIpc) is 2.86. The monoisotopic (exact) mass is 275 g/mol. The molecular formula is C15H21N3O2. The molecule has 20 heavy (non-hydrogen) atoms. The quantitative estimate of drug-likeness (QED) is 0.880. The summed E-state index contributed by atoms with van der Waals surface area (Å²) in [7, 11) is 1.75. The molecule has 0 aromatic heterocycles. The Morgan fingerprint density at radius 2 is 1.90 bits per heavy atom. The van der Waals surface area contributed by atoms with Crippen molar-refractivity contribution < 1.29 is 9.59 Å². The van der Waals surface area contributed by atoms with Gasteiger partial charge in [-0.3, -0.25) is 9.59 Å². The predicted octanol–water partition coefficient (Wildman–Crippen LogP) is 1.75. The molecule has 0 radical (unpaired) electrons. The van der Waals surface area contributed by atoms with Gasteiger partial charge in [-0.2, -0.15) is 0 Å². The molecule has 1 saturated heterocycles. The Balaban J connectivity index is 2.05. The molecule has 1 aromatic rings. The molecule has 1 aromatic carbocycles. The average molecular weight is 275 g/mol. The second kappa shape index (κ2) is 5.63. The maximum absolute atomic E-state index is 12.0. The second-order valence-electron chi connectivity index (χ2n) is 5.52. The highest BCUT2D eigenvalue weighted by Gasteiger charge is 2.25. The molecule has 0 saturated carbocycles. The number of carbonyl (C=O) groups excluding carboxylic acids is 2. The number of hydrogen-bond acceptors (Lipinski definition) is 3. The Morgan fingerprint density at radius 3 is 2.40 bits per heavy atom. The fourth-order valence-electron chi connectivity index (χ4n) is 2.05. The van der Waals surface area contributed by atoms with Gasteiger partial charge >= 0.3 is 0 Å². The molecule has 108 valence electrons. The first kappa shape index (κ1) is 14.5. The van der Waals surface area contributed by atoms with Gasteiger partial charge in [0.2, 0.25) is 11.8 Å². The van der Waals surface area contributed by atoms with Crippen molar-refractivity contribution in [2.24, 2.45) is 0 Å². The van der Waals surface area contributed by atoms with Gasteiger partial charge in [-0.05, 0) is 51.6 Å². The standard InChI is InChI=1S/C15H21N3O2/c1-15(2,16-3)14(20)17-11-6-8-12(9-7-11)18-10-4-5-13(18)19/h6-9,16H,4-5,10H2,1-3H3,(H,17,20). The molecule has 2 rings (SSSR count). The van der Waals surface area contributed by atoms with Gasteiger partial charge in [-0.25, -0.2) is 0 Å². The van der Waals surface area contributed by atoms with E-state index in [2.05, 4.69) is 10.6 Å². The van der Waals surface area contributed by atoms with Gasteiger partial charge in [0.15, 0.2) is 0 Å². The van der Waals surface area contributed by atoms with Gasteiger partial charge < -0.3 is 15.5 Å². The van der Waals surface area contributed by atoms with Crippen molar-refractivity contribution in [1.82, 2.24) is 5.32 Å². The lowest BCUT2D eigenvalue weighted by Crippen LogP contribution is -2.47. The Kier molecular flexibility index (Phi) is 4.09. The summed E-state index contributed by atoms with van der Waals surface area (Å²) in [6, 6.07) is 7.38. The summed E-state index contributed by atoms with van der Waals surface area (Å²) >= 11 is 0. The van der Waals surface area contributed by atoms with E-state index in [1.807, 2.05) is 38.1 Å². The van der Waals surface area contributed by atoms with Crippen molar-refractivity contribution in [3.05, 3.63) is 24.3 Å². The minimum atomic E-state index is -0.621. The summed E-state index contributed by atoms with van der Waals surface area (Å²) in [6.45, 7) is 4.41. The van der Waals surface area contributed by atoms with Crippen molar-refractivity contribution in [3.8, 4) is 0 Å². The van der Waals surface area contributed by atoms with Crippen LogP contribution in [0.25, 0.3) is 0 Å². The molecule has 1 aliphatic heterocycles. The van der Waals surface area contributed by atoms with Gasteiger partial charge in [0.1, 0.15) is 0 Å². The van der Waals surface area contributed by atoms with Crippen LogP contribution in [-0.2, 0) is 9.59 Å². The van der Waals surface area contributed by atoms with Crippen LogP contribution < -0.4 is 15.5 Å². The molecule has 2 N–H and O–H groups in total. The van der Waals surface area contributed by atoms with E-state index >= 15 is 0 Å². The fraction of sp³-hybridized carbons (Fsp3) is 0.467. The summed E-state index contributed by atoms with van der Waals surface area (Å²) in [5.41, 5.74) is 0.996. The lowest BCUT2D eigenvalue weighted by molar-refractivity contribution is -0.121. The largest absolute Gasteiger partial charge is 0.325 e. The lowest BCUT2D eigenvalue weighted by atomic mass is 10.1. The lowest BCUT2D eigenvalue weighted by Gasteiger charge is -2.23. The number of benzene rings is 1. The van der Waals surface area contributed by atoms with E-state index in [1.165, 1.54) is 0 Å². The van der Waals surface area contributed by atoms with E-state index < -0.39 is 5.54 Å². The highest BCUT2D eigenvalue weighted by atomic mass is 16.2. The van der Waals surface area contributed by atoms with Crippen LogP contribution in [0.15, 0.2) is 24.3 Å². The zero-order chi connectivity index (χ0) is 14.8. The van der Waals surface area contributed by atoms with Crippen LogP contribution in [0.5, 0.6) is 0 Å². The van der Waals surface area contributed by atoms with E-state index in [0.29, 0.717) is 6.42 Å². The van der Waals surface area contributed by atoms with E-state index in [0.717, 1.165) is 24.3 Å². The summed E-state index contributed by atoms with van der Waals surface area (Å²) in [6.07, 6.45) is 1.53. The number of likely N-dealkylation sites (N-methyl/N-ethyl adjacent to an activating group) is 1. The zero-order valence-electron chi connectivity index (χ0n) is 12.2. The number of nitrogens with one attached hydrogen (secondary N) is 2. The van der Waals surface area contributed by atoms with Crippen molar-refractivity contribution in [2.75, 3.05) is 23.8 Å². The first-order valence-electron chi connectivity index (χ1n) is 6.85. The van der Waals surface area contributed by atoms with Crippen molar-refractivity contribution >= 4 is 23.2 Å². The highest BCUT2D eigenvalue weighted by Crippen LogP contribution is 2.23. The highest BCUT2D eigenvalue weighted by molar-refractivity contribution is 5.98. The predicted molar refractivity (Wildman–Crippen MR) is 79.8 cm³/mol. The SMILES string of the molecule is CNC(C)(C)C(=O)Nc1ccc(N2CCCC2=O)cc1. The third kappa shape index (κ3) is 2.99. The van der Waals surface area contributed by atoms with Crippen LogP contribution in [-0.4, -0.2) is 30.9 Å². The van der Waals surface area contributed by atoms with Crippen molar-refractivity contribution in [2.45, 2.75) is 32.2 Å². The molecule has 1 heterocycles. The first-order valence-corrected chi connectivity index (χ1v) is 6.85. The molecule has 2 amide bonds. The molecule has 0 atom stereocenters. The molecule has 5 heteroatoms. The van der Waals surface area contributed by atoms with E-state index in [4.69, 9.17) is 0 Å². The molecule has 0 unspecified atom stereocenters.